The van der Waals surface area contributed by atoms with E-state index in [0.717, 1.165) is 11.3 Å². The van der Waals surface area contributed by atoms with E-state index in [-0.39, 0.29) is 16.9 Å². The zero-order chi connectivity index (χ0) is 19.8. The third kappa shape index (κ3) is 3.86. The van der Waals surface area contributed by atoms with Crippen molar-refractivity contribution in [1.29, 1.82) is 0 Å². The fraction of sp³-hybridized carbons (Fsp3) is 0.556. The maximum Gasteiger partial charge on any atom is 0.277 e. The van der Waals surface area contributed by atoms with Crippen molar-refractivity contribution in [3.05, 3.63) is 32.2 Å². The summed E-state index contributed by atoms with van der Waals surface area (Å²) in [6.07, 6.45) is 0. The van der Waals surface area contributed by atoms with Crippen LogP contribution < -0.4 is 11.3 Å². The number of aryl methyl sites for hydroxylation is 3. The highest BCUT2D eigenvalue weighted by Crippen LogP contribution is 2.29. The Kier molecular flexibility index (Phi) is 5.67. The van der Waals surface area contributed by atoms with Gasteiger partial charge in [0.05, 0.1) is 17.0 Å². The SMILES string of the molecule is Cc1nc(-c2c(C)c(C)nn(C)c2=O)sc1C(=O)N(C)CC(C)(C)CN. The molecular weight excluding hydrogens is 350 g/mol. The summed E-state index contributed by atoms with van der Waals surface area (Å²) in [6.45, 7) is 10.6. The number of amides is 1. The number of hydrogen-bond acceptors (Lipinski definition) is 6. The third-order valence-corrected chi connectivity index (χ3v) is 5.66. The van der Waals surface area contributed by atoms with E-state index in [4.69, 9.17) is 5.73 Å². The van der Waals surface area contributed by atoms with Crippen LogP contribution in [0.5, 0.6) is 0 Å². The van der Waals surface area contributed by atoms with Crippen LogP contribution >= 0.6 is 11.3 Å². The van der Waals surface area contributed by atoms with Crippen molar-refractivity contribution < 1.29 is 4.79 Å². The predicted octanol–water partition coefficient (Wildman–Crippen LogP) is 1.89. The van der Waals surface area contributed by atoms with Crippen molar-refractivity contribution in [1.82, 2.24) is 19.7 Å². The van der Waals surface area contributed by atoms with Gasteiger partial charge in [0.25, 0.3) is 11.5 Å². The predicted molar refractivity (Wildman–Crippen MR) is 105 cm³/mol. The Hall–Kier alpha value is -2.06. The van der Waals surface area contributed by atoms with Gasteiger partial charge in [0.2, 0.25) is 0 Å². The average molecular weight is 378 g/mol. The molecule has 0 aliphatic carbocycles. The van der Waals surface area contributed by atoms with Crippen LogP contribution in [0.25, 0.3) is 10.6 Å². The first-order valence-corrected chi connectivity index (χ1v) is 9.28. The van der Waals surface area contributed by atoms with Gasteiger partial charge in [-0.25, -0.2) is 9.67 Å². The van der Waals surface area contributed by atoms with Gasteiger partial charge in [-0.2, -0.15) is 5.10 Å². The lowest BCUT2D eigenvalue weighted by atomic mass is 9.93. The third-order valence-electron chi connectivity index (χ3n) is 4.49. The van der Waals surface area contributed by atoms with Gasteiger partial charge in [-0.05, 0) is 38.3 Å². The Morgan fingerprint density at radius 3 is 2.46 bits per heavy atom. The van der Waals surface area contributed by atoms with Crippen molar-refractivity contribution in [2.24, 2.45) is 18.2 Å². The molecular formula is C18H27N5O2S. The lowest BCUT2D eigenvalue weighted by Crippen LogP contribution is -2.39. The lowest BCUT2D eigenvalue weighted by Gasteiger charge is -2.28. The standard InChI is InChI=1S/C18H27N5O2S/c1-10-11(2)21-23(7)16(24)13(10)15-20-12(3)14(26-15)17(25)22(6)9-18(4,5)8-19/h8-9,19H2,1-7H3. The molecule has 8 heteroatoms. The summed E-state index contributed by atoms with van der Waals surface area (Å²) in [6, 6.07) is 0. The van der Waals surface area contributed by atoms with E-state index in [9.17, 15) is 9.59 Å². The molecule has 2 aromatic heterocycles. The highest BCUT2D eigenvalue weighted by atomic mass is 32.1. The number of rotatable bonds is 5. The molecule has 0 saturated heterocycles. The number of aromatic nitrogens is 3. The average Bonchev–Trinajstić information content (AvgIpc) is 2.93. The van der Waals surface area contributed by atoms with Crippen molar-refractivity contribution >= 4 is 17.2 Å². The molecule has 2 N–H and O–H groups in total. The zero-order valence-corrected chi connectivity index (χ0v) is 17.3. The van der Waals surface area contributed by atoms with Crippen LogP contribution in [0.1, 0.15) is 40.5 Å². The van der Waals surface area contributed by atoms with Crippen LogP contribution in [0, 0.1) is 26.2 Å². The first kappa shape index (κ1) is 20.3. The molecule has 26 heavy (non-hydrogen) atoms. The summed E-state index contributed by atoms with van der Waals surface area (Å²) in [7, 11) is 3.38. The van der Waals surface area contributed by atoms with Gasteiger partial charge in [0.1, 0.15) is 9.88 Å². The first-order chi connectivity index (χ1) is 12.0. The molecule has 0 spiro atoms. The molecule has 0 fully saturated rings. The second kappa shape index (κ2) is 7.28. The molecule has 0 aliphatic rings. The Morgan fingerprint density at radius 1 is 1.27 bits per heavy atom. The molecule has 2 aromatic rings. The number of carbonyl (C=O) groups is 1. The minimum atomic E-state index is -0.210. The van der Waals surface area contributed by atoms with Crippen molar-refractivity contribution in [2.75, 3.05) is 20.1 Å². The molecule has 0 aliphatic heterocycles. The van der Waals surface area contributed by atoms with Gasteiger partial charge < -0.3 is 10.6 Å². The molecule has 0 saturated carbocycles. The molecule has 0 bridgehead atoms. The second-order valence-electron chi connectivity index (χ2n) is 7.48. The maximum absolute atomic E-state index is 12.9. The van der Waals surface area contributed by atoms with Gasteiger partial charge in [0, 0.05) is 20.6 Å². The van der Waals surface area contributed by atoms with Gasteiger partial charge in [0.15, 0.2) is 0 Å². The van der Waals surface area contributed by atoms with Gasteiger partial charge >= 0.3 is 0 Å². The van der Waals surface area contributed by atoms with E-state index < -0.39 is 0 Å². The number of nitrogens with zero attached hydrogens (tertiary/aromatic N) is 4. The summed E-state index contributed by atoms with van der Waals surface area (Å²) in [5, 5.41) is 4.75. The lowest BCUT2D eigenvalue weighted by molar-refractivity contribution is 0.0744. The normalized spacial score (nSPS) is 11.7. The Labute approximate surface area is 157 Å². The molecule has 2 heterocycles. The molecule has 1 amide bonds. The van der Waals surface area contributed by atoms with Crippen LogP contribution in [0.3, 0.4) is 0 Å². The minimum absolute atomic E-state index is 0.104. The van der Waals surface area contributed by atoms with E-state index >= 15 is 0 Å². The quantitative estimate of drug-likeness (QED) is 0.859. The molecule has 7 nitrogen and oxygen atoms in total. The highest BCUT2D eigenvalue weighted by Gasteiger charge is 2.26. The Balaban J connectivity index is 2.45. The molecule has 0 radical (unpaired) electrons. The summed E-state index contributed by atoms with van der Waals surface area (Å²) in [4.78, 5) is 32.1. The number of thiazole rings is 1. The van der Waals surface area contributed by atoms with E-state index in [0.29, 0.717) is 34.2 Å². The Morgan fingerprint density at radius 2 is 1.88 bits per heavy atom. The van der Waals surface area contributed by atoms with E-state index in [2.05, 4.69) is 10.1 Å². The van der Waals surface area contributed by atoms with Gasteiger partial charge in [-0.15, -0.1) is 11.3 Å². The van der Waals surface area contributed by atoms with Crippen molar-refractivity contribution in [3.63, 3.8) is 0 Å². The monoisotopic (exact) mass is 377 g/mol. The molecule has 0 unspecified atom stereocenters. The zero-order valence-electron chi connectivity index (χ0n) is 16.5. The van der Waals surface area contributed by atoms with Crippen LogP contribution in [0.2, 0.25) is 0 Å². The number of hydrogen-bond donors (Lipinski definition) is 1. The summed E-state index contributed by atoms with van der Waals surface area (Å²) in [5.41, 5.74) is 8.10. The van der Waals surface area contributed by atoms with Gasteiger partial charge in [-0.3, -0.25) is 9.59 Å². The molecule has 0 atom stereocenters. The van der Waals surface area contributed by atoms with Crippen LogP contribution in [-0.2, 0) is 7.05 Å². The minimum Gasteiger partial charge on any atom is -0.340 e. The molecule has 142 valence electrons. The van der Waals surface area contributed by atoms with E-state index in [1.807, 2.05) is 27.7 Å². The van der Waals surface area contributed by atoms with E-state index in [1.165, 1.54) is 16.0 Å². The number of nitrogens with two attached hydrogens (primary N) is 1. The fourth-order valence-corrected chi connectivity index (χ4v) is 3.91. The van der Waals surface area contributed by atoms with Crippen LogP contribution in [0.4, 0.5) is 0 Å². The van der Waals surface area contributed by atoms with Crippen LogP contribution in [0.15, 0.2) is 4.79 Å². The van der Waals surface area contributed by atoms with Gasteiger partial charge in [-0.1, -0.05) is 13.8 Å². The second-order valence-corrected chi connectivity index (χ2v) is 8.48. The summed E-state index contributed by atoms with van der Waals surface area (Å²) in [5.74, 6) is -0.104. The van der Waals surface area contributed by atoms with Crippen molar-refractivity contribution in [3.8, 4) is 10.6 Å². The summed E-state index contributed by atoms with van der Waals surface area (Å²) >= 11 is 1.25. The highest BCUT2D eigenvalue weighted by molar-refractivity contribution is 7.17. The Bertz CT molecular complexity index is 898. The molecule has 2 rings (SSSR count). The topological polar surface area (TPSA) is 94.1 Å². The van der Waals surface area contributed by atoms with E-state index in [1.54, 1.807) is 25.9 Å². The first-order valence-electron chi connectivity index (χ1n) is 8.46. The van der Waals surface area contributed by atoms with Crippen LogP contribution in [-0.4, -0.2) is 45.7 Å². The molecule has 0 aromatic carbocycles. The smallest absolute Gasteiger partial charge is 0.277 e. The maximum atomic E-state index is 12.9. The largest absolute Gasteiger partial charge is 0.340 e. The van der Waals surface area contributed by atoms with Crippen molar-refractivity contribution in [2.45, 2.75) is 34.6 Å². The summed E-state index contributed by atoms with van der Waals surface area (Å²) < 4.78 is 1.31. The number of carbonyl (C=O) groups excluding carboxylic acids is 1. The fourth-order valence-electron chi connectivity index (χ4n) is 2.75.